The van der Waals surface area contributed by atoms with Crippen molar-refractivity contribution in [1.29, 1.82) is 0 Å². The fourth-order valence-electron chi connectivity index (χ4n) is 2.93. The van der Waals surface area contributed by atoms with Crippen LogP contribution in [0.25, 0.3) is 0 Å². The van der Waals surface area contributed by atoms with E-state index in [2.05, 4.69) is 17.2 Å². The van der Waals surface area contributed by atoms with Gasteiger partial charge in [0.1, 0.15) is 0 Å². The van der Waals surface area contributed by atoms with Gasteiger partial charge in [-0.3, -0.25) is 14.5 Å². The molecule has 0 saturated carbocycles. The van der Waals surface area contributed by atoms with E-state index >= 15 is 0 Å². The van der Waals surface area contributed by atoms with Crippen LogP contribution in [0.15, 0.2) is 42.6 Å². The van der Waals surface area contributed by atoms with Crippen LogP contribution in [0.5, 0.6) is 5.75 Å². The highest BCUT2D eigenvalue weighted by atomic mass is 16.5. The van der Waals surface area contributed by atoms with Crippen molar-refractivity contribution in [2.24, 2.45) is 0 Å². The van der Waals surface area contributed by atoms with Crippen molar-refractivity contribution < 1.29 is 14.3 Å². The smallest absolute Gasteiger partial charge is 0.282 e. The Labute approximate surface area is 153 Å². The number of rotatable bonds is 4. The van der Waals surface area contributed by atoms with Crippen molar-refractivity contribution in [1.82, 2.24) is 4.98 Å². The largest absolute Gasteiger partial charge is 0.464 e. The summed E-state index contributed by atoms with van der Waals surface area (Å²) >= 11 is 0. The Kier molecular flexibility index (Phi) is 4.68. The first-order chi connectivity index (χ1) is 12.4. The lowest BCUT2D eigenvalue weighted by molar-refractivity contribution is -0.145. The van der Waals surface area contributed by atoms with Crippen LogP contribution in [0.4, 0.5) is 11.5 Å². The Morgan fingerprint density at radius 2 is 1.96 bits per heavy atom. The molecule has 0 saturated heterocycles. The summed E-state index contributed by atoms with van der Waals surface area (Å²) < 4.78 is 5.83. The molecule has 1 aliphatic rings. The number of hydrogen-bond acceptors (Lipinski definition) is 4. The molecule has 0 bridgehead atoms. The molecule has 26 heavy (non-hydrogen) atoms. The quantitative estimate of drug-likeness (QED) is 0.857. The lowest BCUT2D eigenvalue weighted by atomic mass is 9.99. The second-order valence-corrected chi connectivity index (χ2v) is 6.73. The van der Waals surface area contributed by atoms with Crippen molar-refractivity contribution in [3.05, 3.63) is 48.2 Å². The normalized spacial score (nSPS) is 19.1. The van der Waals surface area contributed by atoms with Crippen molar-refractivity contribution in [3.63, 3.8) is 0 Å². The maximum Gasteiger partial charge on any atom is 0.282 e. The zero-order chi connectivity index (χ0) is 18.9. The summed E-state index contributed by atoms with van der Waals surface area (Å²) in [6.07, 6.45) is 2.52. The van der Waals surface area contributed by atoms with Crippen LogP contribution in [0.1, 0.15) is 33.3 Å². The molecular weight excluding hydrogens is 330 g/mol. The molecule has 0 unspecified atom stereocenters. The van der Waals surface area contributed by atoms with E-state index in [0.29, 0.717) is 17.3 Å². The number of nitrogens with zero attached hydrogens (tertiary/aromatic N) is 2. The molecule has 1 aliphatic heterocycles. The number of benzene rings is 1. The van der Waals surface area contributed by atoms with Crippen LogP contribution in [0.3, 0.4) is 0 Å². The number of carbonyl (C=O) groups is 2. The summed E-state index contributed by atoms with van der Waals surface area (Å²) in [6, 6.07) is 10.8. The molecule has 2 amide bonds. The fraction of sp³-hybridized carbons (Fsp3) is 0.350. The Bertz CT molecular complexity index is 832. The van der Waals surface area contributed by atoms with Crippen LogP contribution < -0.4 is 15.0 Å². The molecule has 0 fully saturated rings. The molecule has 136 valence electrons. The van der Waals surface area contributed by atoms with Crippen molar-refractivity contribution in [3.8, 4) is 5.75 Å². The summed E-state index contributed by atoms with van der Waals surface area (Å²) in [6.45, 7) is 7.32. The number of aromatic nitrogens is 1. The summed E-state index contributed by atoms with van der Waals surface area (Å²) in [7, 11) is 0. The first-order valence-corrected chi connectivity index (χ1v) is 8.75. The number of amides is 2. The third kappa shape index (κ3) is 3.03. The highest BCUT2D eigenvalue weighted by molar-refractivity contribution is 6.19. The average Bonchev–Trinajstić information content (AvgIpc) is 2.63. The molecule has 0 aliphatic carbocycles. The average molecular weight is 353 g/mol. The van der Waals surface area contributed by atoms with Crippen molar-refractivity contribution in [2.45, 2.75) is 45.8 Å². The predicted octanol–water partition coefficient (Wildman–Crippen LogP) is 3.18. The van der Waals surface area contributed by atoms with Gasteiger partial charge in [0.25, 0.3) is 17.4 Å². The highest BCUT2D eigenvalue weighted by Gasteiger charge is 2.51. The molecule has 1 atom stereocenters. The van der Waals surface area contributed by atoms with E-state index in [4.69, 9.17) is 4.74 Å². The first-order valence-electron chi connectivity index (χ1n) is 8.75. The number of anilines is 2. The van der Waals surface area contributed by atoms with E-state index in [9.17, 15) is 9.59 Å². The number of ether oxygens (including phenoxy) is 1. The molecule has 2 aromatic rings. The number of pyridine rings is 1. The minimum Gasteiger partial charge on any atom is -0.464 e. The van der Waals surface area contributed by atoms with E-state index < -0.39 is 17.4 Å². The molecule has 2 heterocycles. The zero-order valence-electron chi connectivity index (χ0n) is 15.4. The molecule has 3 rings (SSSR count). The van der Waals surface area contributed by atoms with Gasteiger partial charge in [-0.15, -0.1) is 0 Å². The van der Waals surface area contributed by atoms with Gasteiger partial charge in [-0.1, -0.05) is 19.1 Å². The van der Waals surface area contributed by atoms with Gasteiger partial charge in [-0.05, 0) is 57.0 Å². The fourth-order valence-corrected chi connectivity index (χ4v) is 2.93. The van der Waals surface area contributed by atoms with Gasteiger partial charge >= 0.3 is 0 Å². The highest BCUT2D eigenvalue weighted by Crippen LogP contribution is 2.37. The van der Waals surface area contributed by atoms with Gasteiger partial charge in [0.2, 0.25) is 0 Å². The summed E-state index contributed by atoms with van der Waals surface area (Å²) in [4.78, 5) is 31.8. The predicted molar refractivity (Wildman–Crippen MR) is 100 cm³/mol. The molecular formula is C20H23N3O3. The third-order valence-corrected chi connectivity index (χ3v) is 4.49. The maximum atomic E-state index is 13.1. The first kappa shape index (κ1) is 17.9. The van der Waals surface area contributed by atoms with E-state index in [1.165, 1.54) is 17.4 Å². The minimum atomic E-state index is -1.66. The van der Waals surface area contributed by atoms with Gasteiger partial charge in [0.15, 0.2) is 11.6 Å². The standard InChI is InChI=1S/C20H23N3O3/c1-5-14-8-10-15(11-9-14)22-18(24)20(4)19(25)23(13(2)3)17-16(26-20)7-6-12-21-17/h6-13H,5H2,1-4H3,(H,22,24)/t20-/m1/s1. The van der Waals surface area contributed by atoms with Gasteiger partial charge in [0, 0.05) is 17.9 Å². The van der Waals surface area contributed by atoms with E-state index in [1.54, 1.807) is 18.3 Å². The SMILES string of the molecule is CCc1ccc(NC(=O)[C@@]2(C)Oc3cccnc3N(C(C)C)C2=O)cc1. The molecule has 1 aromatic carbocycles. The van der Waals surface area contributed by atoms with Crippen LogP contribution in [-0.4, -0.2) is 28.4 Å². The minimum absolute atomic E-state index is 0.156. The van der Waals surface area contributed by atoms with Gasteiger partial charge in [-0.25, -0.2) is 4.98 Å². The lowest BCUT2D eigenvalue weighted by Gasteiger charge is -2.40. The van der Waals surface area contributed by atoms with Crippen molar-refractivity contribution >= 4 is 23.3 Å². The summed E-state index contributed by atoms with van der Waals surface area (Å²) in [5.74, 6) is -0.0851. The third-order valence-electron chi connectivity index (χ3n) is 4.49. The number of aryl methyl sites for hydroxylation is 1. The number of hydrogen-bond donors (Lipinski definition) is 1. The zero-order valence-corrected chi connectivity index (χ0v) is 15.4. The second-order valence-electron chi connectivity index (χ2n) is 6.73. The number of carbonyl (C=O) groups excluding carboxylic acids is 2. The molecule has 0 radical (unpaired) electrons. The summed E-state index contributed by atoms with van der Waals surface area (Å²) in [5, 5.41) is 2.79. The van der Waals surface area contributed by atoms with Gasteiger partial charge in [0.05, 0.1) is 0 Å². The topological polar surface area (TPSA) is 71.5 Å². The lowest BCUT2D eigenvalue weighted by Crippen LogP contribution is -2.62. The Balaban J connectivity index is 1.92. The molecule has 6 nitrogen and oxygen atoms in total. The molecule has 1 aromatic heterocycles. The Morgan fingerprint density at radius 3 is 2.58 bits per heavy atom. The second kappa shape index (κ2) is 6.78. The van der Waals surface area contributed by atoms with Crippen molar-refractivity contribution in [2.75, 3.05) is 10.2 Å². The van der Waals surface area contributed by atoms with E-state index in [1.807, 2.05) is 38.1 Å². The van der Waals surface area contributed by atoms with Crippen LogP contribution in [0.2, 0.25) is 0 Å². The number of nitrogens with one attached hydrogen (secondary N) is 1. The molecule has 1 N–H and O–H groups in total. The summed E-state index contributed by atoms with van der Waals surface area (Å²) in [5.41, 5.74) is 0.132. The van der Waals surface area contributed by atoms with Crippen LogP contribution in [-0.2, 0) is 16.0 Å². The van der Waals surface area contributed by atoms with E-state index in [0.717, 1.165) is 6.42 Å². The Morgan fingerprint density at radius 1 is 1.27 bits per heavy atom. The molecule has 6 heteroatoms. The number of fused-ring (bicyclic) bond motifs is 1. The molecule has 0 spiro atoms. The van der Waals surface area contributed by atoms with Gasteiger partial charge < -0.3 is 10.1 Å². The Hall–Kier alpha value is -2.89. The van der Waals surface area contributed by atoms with Crippen LogP contribution in [0, 0.1) is 0 Å². The van der Waals surface area contributed by atoms with Gasteiger partial charge in [-0.2, -0.15) is 0 Å². The van der Waals surface area contributed by atoms with E-state index in [-0.39, 0.29) is 6.04 Å². The monoisotopic (exact) mass is 353 g/mol. The maximum absolute atomic E-state index is 13.1. The van der Waals surface area contributed by atoms with Crippen LogP contribution >= 0.6 is 0 Å².